The third-order valence-electron chi connectivity index (χ3n) is 2.80. The second-order valence-electron chi connectivity index (χ2n) is 3.94. The van der Waals surface area contributed by atoms with E-state index in [9.17, 15) is 0 Å². The Balaban J connectivity index is 1.93. The van der Waals surface area contributed by atoms with Crippen molar-refractivity contribution < 1.29 is 0 Å². The van der Waals surface area contributed by atoms with Gasteiger partial charge in [-0.25, -0.2) is 9.97 Å². The van der Waals surface area contributed by atoms with Crippen molar-refractivity contribution in [2.75, 3.05) is 11.9 Å². The van der Waals surface area contributed by atoms with Crippen molar-refractivity contribution >= 4 is 11.5 Å². The van der Waals surface area contributed by atoms with Crippen molar-refractivity contribution in [2.45, 2.75) is 13.0 Å². The van der Waals surface area contributed by atoms with Crippen LogP contribution in [0.2, 0.25) is 0 Å². The summed E-state index contributed by atoms with van der Waals surface area (Å²) in [5.41, 5.74) is 3.23. The van der Waals surface area contributed by atoms with Gasteiger partial charge < -0.3 is 10.6 Å². The Morgan fingerprint density at radius 1 is 1.29 bits per heavy atom. The van der Waals surface area contributed by atoms with Gasteiger partial charge in [0.25, 0.3) is 0 Å². The van der Waals surface area contributed by atoms with Crippen molar-refractivity contribution in [3.05, 3.63) is 42.1 Å². The molecule has 2 aromatic heterocycles. The molecule has 0 aromatic carbocycles. The molecule has 0 bridgehead atoms. The SMILES string of the molecule is c1cncc(Nc2ncnc3c2CNCC3)c1. The fourth-order valence-corrected chi connectivity index (χ4v) is 1.95. The topological polar surface area (TPSA) is 62.7 Å². The summed E-state index contributed by atoms with van der Waals surface area (Å²) in [4.78, 5) is 12.7. The normalized spacial score (nSPS) is 14.1. The number of nitrogens with zero attached hydrogens (tertiary/aromatic N) is 3. The number of aromatic nitrogens is 3. The molecule has 0 unspecified atom stereocenters. The maximum atomic E-state index is 4.31. The lowest BCUT2D eigenvalue weighted by molar-refractivity contribution is 0.628. The van der Waals surface area contributed by atoms with Crippen molar-refractivity contribution in [2.24, 2.45) is 0 Å². The molecule has 0 spiro atoms. The van der Waals surface area contributed by atoms with Crippen LogP contribution >= 0.6 is 0 Å². The van der Waals surface area contributed by atoms with Gasteiger partial charge in [-0.05, 0) is 12.1 Å². The summed E-state index contributed by atoms with van der Waals surface area (Å²) in [6, 6.07) is 3.87. The van der Waals surface area contributed by atoms with E-state index in [4.69, 9.17) is 0 Å². The average molecular weight is 227 g/mol. The second-order valence-corrected chi connectivity index (χ2v) is 3.94. The number of fused-ring (bicyclic) bond motifs is 1. The van der Waals surface area contributed by atoms with E-state index in [1.54, 1.807) is 18.7 Å². The fraction of sp³-hybridized carbons (Fsp3) is 0.250. The van der Waals surface area contributed by atoms with Gasteiger partial charge in [-0.1, -0.05) is 0 Å². The van der Waals surface area contributed by atoms with Crippen LogP contribution in [0.5, 0.6) is 0 Å². The number of hydrogen-bond acceptors (Lipinski definition) is 5. The molecular formula is C12H13N5. The molecule has 0 aliphatic carbocycles. The highest BCUT2D eigenvalue weighted by Gasteiger charge is 2.14. The standard InChI is InChI=1S/C12H13N5/c1-2-9(6-13-4-1)17-12-10-7-14-5-3-11(10)15-8-16-12/h1-2,4,6,8,14H,3,5,7H2,(H,15,16,17). The van der Waals surface area contributed by atoms with Crippen LogP contribution in [-0.4, -0.2) is 21.5 Å². The maximum absolute atomic E-state index is 4.31. The Hall–Kier alpha value is -2.01. The quantitative estimate of drug-likeness (QED) is 0.808. The van der Waals surface area contributed by atoms with Crippen LogP contribution in [0.1, 0.15) is 11.3 Å². The largest absolute Gasteiger partial charge is 0.339 e. The van der Waals surface area contributed by atoms with Gasteiger partial charge in [-0.15, -0.1) is 0 Å². The van der Waals surface area contributed by atoms with Gasteiger partial charge in [-0.3, -0.25) is 4.98 Å². The third kappa shape index (κ3) is 2.09. The van der Waals surface area contributed by atoms with Crippen LogP contribution in [0.25, 0.3) is 0 Å². The lowest BCUT2D eigenvalue weighted by Gasteiger charge is -2.18. The highest BCUT2D eigenvalue weighted by atomic mass is 15.0. The minimum absolute atomic E-state index is 0.818. The smallest absolute Gasteiger partial charge is 0.138 e. The van der Waals surface area contributed by atoms with Gasteiger partial charge in [0, 0.05) is 31.3 Å². The summed E-state index contributed by atoms with van der Waals surface area (Å²) in [6.07, 6.45) is 6.11. The maximum Gasteiger partial charge on any atom is 0.138 e. The summed E-state index contributed by atoms with van der Waals surface area (Å²) in [7, 11) is 0. The molecule has 0 amide bonds. The zero-order valence-corrected chi connectivity index (χ0v) is 9.35. The van der Waals surface area contributed by atoms with Gasteiger partial charge in [-0.2, -0.15) is 0 Å². The molecule has 5 nitrogen and oxygen atoms in total. The van der Waals surface area contributed by atoms with Crippen molar-refractivity contribution in [3.8, 4) is 0 Å². The molecule has 17 heavy (non-hydrogen) atoms. The monoisotopic (exact) mass is 227 g/mol. The molecule has 0 fully saturated rings. The lowest BCUT2D eigenvalue weighted by Crippen LogP contribution is -2.25. The van der Waals surface area contributed by atoms with E-state index < -0.39 is 0 Å². The summed E-state index contributed by atoms with van der Waals surface area (Å²) in [5.74, 6) is 0.871. The van der Waals surface area contributed by atoms with Crippen LogP contribution in [0.4, 0.5) is 11.5 Å². The number of anilines is 2. The fourth-order valence-electron chi connectivity index (χ4n) is 1.95. The molecule has 0 atom stereocenters. The van der Waals surface area contributed by atoms with E-state index in [2.05, 4.69) is 25.6 Å². The van der Waals surface area contributed by atoms with Crippen molar-refractivity contribution in [1.82, 2.24) is 20.3 Å². The molecule has 0 saturated heterocycles. The molecular weight excluding hydrogens is 214 g/mol. The predicted octanol–water partition coefficient (Wildman–Crippen LogP) is 1.26. The van der Waals surface area contributed by atoms with Gasteiger partial charge in [0.15, 0.2) is 0 Å². The highest BCUT2D eigenvalue weighted by molar-refractivity contribution is 5.59. The minimum Gasteiger partial charge on any atom is -0.339 e. The zero-order chi connectivity index (χ0) is 11.5. The molecule has 2 N–H and O–H groups in total. The van der Waals surface area contributed by atoms with E-state index >= 15 is 0 Å². The van der Waals surface area contributed by atoms with Crippen LogP contribution < -0.4 is 10.6 Å². The first-order chi connectivity index (χ1) is 8.43. The van der Waals surface area contributed by atoms with Crippen molar-refractivity contribution in [3.63, 3.8) is 0 Å². The van der Waals surface area contributed by atoms with E-state index in [1.165, 1.54) is 0 Å². The Kier molecular flexibility index (Phi) is 2.67. The minimum atomic E-state index is 0.818. The Morgan fingerprint density at radius 3 is 3.18 bits per heavy atom. The van der Waals surface area contributed by atoms with Crippen LogP contribution in [0, 0.1) is 0 Å². The molecule has 5 heteroatoms. The van der Waals surface area contributed by atoms with Crippen LogP contribution in [-0.2, 0) is 13.0 Å². The summed E-state index contributed by atoms with van der Waals surface area (Å²) in [5, 5.41) is 6.61. The second kappa shape index (κ2) is 4.47. The summed E-state index contributed by atoms with van der Waals surface area (Å²) >= 11 is 0. The summed E-state index contributed by atoms with van der Waals surface area (Å²) in [6.45, 7) is 1.80. The predicted molar refractivity (Wildman–Crippen MR) is 65.0 cm³/mol. The summed E-state index contributed by atoms with van der Waals surface area (Å²) < 4.78 is 0. The molecule has 2 aromatic rings. The number of nitrogens with one attached hydrogen (secondary N) is 2. The highest BCUT2D eigenvalue weighted by Crippen LogP contribution is 2.21. The van der Waals surface area contributed by atoms with Gasteiger partial charge in [0.1, 0.15) is 12.1 Å². The molecule has 1 aliphatic heterocycles. The van der Waals surface area contributed by atoms with Gasteiger partial charge in [0.05, 0.1) is 17.6 Å². The van der Waals surface area contributed by atoms with Gasteiger partial charge in [0.2, 0.25) is 0 Å². The number of hydrogen-bond donors (Lipinski definition) is 2. The van der Waals surface area contributed by atoms with Crippen LogP contribution in [0.3, 0.4) is 0 Å². The molecule has 86 valence electrons. The van der Waals surface area contributed by atoms with Crippen LogP contribution in [0.15, 0.2) is 30.9 Å². The molecule has 3 heterocycles. The Morgan fingerprint density at radius 2 is 2.29 bits per heavy atom. The van der Waals surface area contributed by atoms with E-state index in [0.29, 0.717) is 0 Å². The van der Waals surface area contributed by atoms with E-state index in [0.717, 1.165) is 42.3 Å². The van der Waals surface area contributed by atoms with Crippen molar-refractivity contribution in [1.29, 1.82) is 0 Å². The van der Waals surface area contributed by atoms with Gasteiger partial charge >= 0.3 is 0 Å². The van der Waals surface area contributed by atoms with E-state index in [-0.39, 0.29) is 0 Å². The lowest BCUT2D eigenvalue weighted by atomic mass is 10.1. The zero-order valence-electron chi connectivity index (χ0n) is 9.35. The molecule has 0 saturated carbocycles. The third-order valence-corrected chi connectivity index (χ3v) is 2.80. The van der Waals surface area contributed by atoms with E-state index in [1.807, 2.05) is 12.1 Å². The molecule has 3 rings (SSSR count). The average Bonchev–Trinajstić information content (AvgIpc) is 2.40. The Bertz CT molecular complexity index is 512. The first-order valence-corrected chi connectivity index (χ1v) is 5.64. The Labute approximate surface area is 99.3 Å². The first kappa shape index (κ1) is 10.2. The first-order valence-electron chi connectivity index (χ1n) is 5.64. The number of rotatable bonds is 2. The number of pyridine rings is 1. The molecule has 1 aliphatic rings. The molecule has 0 radical (unpaired) electrons.